The van der Waals surface area contributed by atoms with Crippen LogP contribution in [-0.4, -0.2) is 139 Å². The second-order valence-electron chi connectivity index (χ2n) is 10.8. The van der Waals surface area contributed by atoms with Gasteiger partial charge in [0, 0.05) is 93.8 Å². The fourth-order valence-corrected chi connectivity index (χ4v) is 5.21. The van der Waals surface area contributed by atoms with Gasteiger partial charge in [0.15, 0.2) is 11.6 Å². The van der Waals surface area contributed by atoms with Crippen molar-refractivity contribution in [2.75, 3.05) is 128 Å². The molecule has 0 aliphatic carbocycles. The predicted molar refractivity (Wildman–Crippen MR) is 176 cm³/mol. The molecule has 0 spiro atoms. The molecular weight excluding hydrogens is 578 g/mol. The van der Waals surface area contributed by atoms with E-state index in [2.05, 4.69) is 25.0 Å². The maximum atomic E-state index is 5.67. The highest BCUT2D eigenvalue weighted by atomic mass is 16.5. The quantitative estimate of drug-likeness (QED) is 0.196. The van der Waals surface area contributed by atoms with Crippen LogP contribution in [0.1, 0.15) is 18.4 Å². The predicted octanol–water partition coefficient (Wildman–Crippen LogP) is 2.28. The van der Waals surface area contributed by atoms with Gasteiger partial charge in [-0.15, -0.1) is 0 Å². The van der Waals surface area contributed by atoms with Crippen molar-refractivity contribution in [2.24, 2.45) is 0 Å². The second kappa shape index (κ2) is 18.5. The molecule has 3 aromatic heterocycles. The summed E-state index contributed by atoms with van der Waals surface area (Å²) in [6, 6.07) is 4.04. The lowest BCUT2D eigenvalue weighted by molar-refractivity contribution is 0.0818. The van der Waals surface area contributed by atoms with Gasteiger partial charge < -0.3 is 43.7 Å². The number of nitrogens with zero attached hydrogens (tertiary/aromatic N) is 8. The number of hydrogen-bond acceptors (Lipinski definition) is 14. The first-order valence-electron chi connectivity index (χ1n) is 15.6. The molecule has 14 nitrogen and oxygen atoms in total. The molecule has 0 bridgehead atoms. The highest BCUT2D eigenvalue weighted by Crippen LogP contribution is 2.32. The smallest absolute Gasteiger partial charge is 0.228 e. The van der Waals surface area contributed by atoms with E-state index in [9.17, 15) is 0 Å². The van der Waals surface area contributed by atoms with Crippen molar-refractivity contribution in [1.82, 2.24) is 24.9 Å². The molecule has 1 aliphatic rings. The summed E-state index contributed by atoms with van der Waals surface area (Å²) < 4.78 is 27.4. The van der Waals surface area contributed by atoms with Gasteiger partial charge in [-0.2, -0.15) is 9.97 Å². The highest BCUT2D eigenvalue weighted by molar-refractivity contribution is 5.95. The zero-order valence-corrected chi connectivity index (χ0v) is 27.4. The molecule has 1 fully saturated rings. The van der Waals surface area contributed by atoms with Gasteiger partial charge in [-0.25, -0.2) is 9.97 Å². The zero-order chi connectivity index (χ0) is 31.9. The molecule has 45 heavy (non-hydrogen) atoms. The van der Waals surface area contributed by atoms with Gasteiger partial charge in [-0.1, -0.05) is 0 Å². The Morgan fingerprint density at radius 1 is 0.733 bits per heavy atom. The third-order valence-electron chi connectivity index (χ3n) is 7.86. The van der Waals surface area contributed by atoms with Crippen LogP contribution in [0.25, 0.3) is 11.0 Å². The van der Waals surface area contributed by atoms with Gasteiger partial charge in [0.05, 0.1) is 32.5 Å². The van der Waals surface area contributed by atoms with E-state index in [1.54, 1.807) is 35.5 Å². The summed E-state index contributed by atoms with van der Waals surface area (Å²) in [5.74, 6) is 2.59. The maximum Gasteiger partial charge on any atom is 0.228 e. The number of piperidine rings is 1. The average molecular weight is 628 g/mol. The van der Waals surface area contributed by atoms with Crippen LogP contribution in [-0.2, 0) is 30.1 Å². The molecule has 0 atom stereocenters. The minimum absolute atomic E-state index is 0.225. The number of fused-ring (bicyclic) bond motifs is 1. The third-order valence-corrected chi connectivity index (χ3v) is 7.86. The van der Waals surface area contributed by atoms with E-state index in [1.807, 2.05) is 24.5 Å². The molecule has 3 aromatic rings. The summed E-state index contributed by atoms with van der Waals surface area (Å²) in [6.45, 7) is 6.78. The lowest BCUT2D eigenvalue weighted by Crippen LogP contribution is -2.38. The van der Waals surface area contributed by atoms with Crippen LogP contribution in [0.5, 0.6) is 0 Å². The lowest BCUT2D eigenvalue weighted by Gasteiger charge is -2.33. The van der Waals surface area contributed by atoms with E-state index in [-0.39, 0.29) is 6.10 Å². The standard InChI is InChI=1S/C31H49N9O5/c1-41-20-16-39(17-21-42-2)30-35-27-26(28(36-30)33-13-8-24-6-11-32-12-7-24)34-31(40(18-22-43-3)19-23-44-4)37-29(27)38-14-9-25(45-5)10-15-38/h6-7,11-12,25H,8-10,13-23H2,1-5H3,(H,33,35,36). The molecule has 0 unspecified atom stereocenters. The SMILES string of the molecule is COCCN(CCOC)c1nc(N2CCC(OC)CC2)c2nc(N(CCOC)CCOC)nc(NCCc3ccncc3)c2n1. The van der Waals surface area contributed by atoms with E-state index < -0.39 is 0 Å². The number of pyridine rings is 1. The molecule has 0 saturated carbocycles. The monoisotopic (exact) mass is 627 g/mol. The molecule has 1 saturated heterocycles. The van der Waals surface area contributed by atoms with Crippen molar-refractivity contribution in [1.29, 1.82) is 0 Å². The first-order valence-corrected chi connectivity index (χ1v) is 15.6. The van der Waals surface area contributed by atoms with Crippen LogP contribution in [0.4, 0.5) is 23.5 Å². The topological polar surface area (TPSA) is 132 Å². The molecule has 1 N–H and O–H groups in total. The van der Waals surface area contributed by atoms with Crippen LogP contribution in [0.3, 0.4) is 0 Å². The van der Waals surface area contributed by atoms with Crippen LogP contribution in [0.15, 0.2) is 24.5 Å². The number of anilines is 4. The molecule has 4 rings (SSSR count). The fraction of sp³-hybridized carbons (Fsp3) is 0.645. The summed E-state index contributed by atoms with van der Waals surface area (Å²) in [5.41, 5.74) is 2.55. The van der Waals surface area contributed by atoms with Crippen molar-refractivity contribution < 1.29 is 23.7 Å². The van der Waals surface area contributed by atoms with E-state index in [4.69, 9.17) is 43.6 Å². The number of aromatic nitrogens is 5. The van der Waals surface area contributed by atoms with Gasteiger partial charge in [0.2, 0.25) is 11.9 Å². The normalized spacial score (nSPS) is 13.8. The van der Waals surface area contributed by atoms with Crippen LogP contribution in [0.2, 0.25) is 0 Å². The Balaban J connectivity index is 1.84. The van der Waals surface area contributed by atoms with Gasteiger partial charge in [-0.05, 0) is 37.0 Å². The van der Waals surface area contributed by atoms with Crippen molar-refractivity contribution in [3.63, 3.8) is 0 Å². The number of methoxy groups -OCH3 is 5. The third kappa shape index (κ3) is 9.78. The van der Waals surface area contributed by atoms with Crippen molar-refractivity contribution in [3.8, 4) is 0 Å². The molecule has 248 valence electrons. The molecule has 1 aliphatic heterocycles. The Morgan fingerprint density at radius 3 is 1.80 bits per heavy atom. The maximum absolute atomic E-state index is 5.67. The van der Waals surface area contributed by atoms with Crippen LogP contribution >= 0.6 is 0 Å². The molecule has 14 heteroatoms. The number of nitrogens with one attached hydrogen (secondary N) is 1. The van der Waals surface area contributed by atoms with Crippen molar-refractivity contribution >= 4 is 34.6 Å². The summed E-state index contributed by atoms with van der Waals surface area (Å²) in [4.78, 5) is 31.1. The number of rotatable bonds is 20. The van der Waals surface area contributed by atoms with Crippen LogP contribution in [0, 0.1) is 0 Å². The Hall–Kier alpha value is -3.43. The average Bonchev–Trinajstić information content (AvgIpc) is 3.08. The summed E-state index contributed by atoms with van der Waals surface area (Å²) >= 11 is 0. The zero-order valence-electron chi connectivity index (χ0n) is 27.4. The Bertz CT molecular complexity index is 1270. The first-order chi connectivity index (χ1) is 22.1. The Kier molecular flexibility index (Phi) is 14.2. The Labute approximate surface area is 266 Å². The number of ether oxygens (including phenoxy) is 5. The lowest BCUT2D eigenvalue weighted by atomic mass is 10.1. The largest absolute Gasteiger partial charge is 0.383 e. The first kappa shape index (κ1) is 34.4. The highest BCUT2D eigenvalue weighted by Gasteiger charge is 2.27. The van der Waals surface area contributed by atoms with Crippen molar-refractivity contribution in [2.45, 2.75) is 25.4 Å². The van der Waals surface area contributed by atoms with E-state index in [0.717, 1.165) is 38.2 Å². The fourth-order valence-electron chi connectivity index (χ4n) is 5.21. The van der Waals surface area contributed by atoms with E-state index >= 15 is 0 Å². The molecule has 0 radical (unpaired) electrons. The van der Waals surface area contributed by atoms with Gasteiger partial charge in [0.1, 0.15) is 11.0 Å². The molecule has 4 heterocycles. The van der Waals surface area contributed by atoms with Gasteiger partial charge in [-0.3, -0.25) is 4.98 Å². The minimum Gasteiger partial charge on any atom is -0.383 e. The number of hydrogen-bond donors (Lipinski definition) is 1. The van der Waals surface area contributed by atoms with E-state index in [1.165, 1.54) is 5.56 Å². The van der Waals surface area contributed by atoms with Gasteiger partial charge >= 0.3 is 0 Å². The molecular formula is C31H49N9O5. The van der Waals surface area contributed by atoms with Gasteiger partial charge in [0.25, 0.3) is 0 Å². The summed E-state index contributed by atoms with van der Waals surface area (Å²) in [6.07, 6.45) is 6.44. The Morgan fingerprint density at radius 2 is 1.27 bits per heavy atom. The van der Waals surface area contributed by atoms with E-state index in [0.29, 0.717) is 87.9 Å². The summed E-state index contributed by atoms with van der Waals surface area (Å²) in [7, 11) is 8.55. The summed E-state index contributed by atoms with van der Waals surface area (Å²) in [5, 5.41) is 3.59. The van der Waals surface area contributed by atoms with Crippen LogP contribution < -0.4 is 20.0 Å². The second-order valence-corrected chi connectivity index (χ2v) is 10.8. The molecule has 0 amide bonds. The minimum atomic E-state index is 0.225. The molecule has 0 aromatic carbocycles. The van der Waals surface area contributed by atoms with Crippen molar-refractivity contribution in [3.05, 3.63) is 30.1 Å².